The van der Waals surface area contributed by atoms with Crippen LogP contribution in [0.4, 0.5) is 5.69 Å². The molecule has 1 aliphatic rings. The summed E-state index contributed by atoms with van der Waals surface area (Å²) in [6.45, 7) is 2.79. The molecule has 1 fully saturated rings. The van der Waals surface area contributed by atoms with Crippen LogP contribution in [-0.2, 0) is 9.59 Å². The van der Waals surface area contributed by atoms with Gasteiger partial charge in [-0.05, 0) is 18.2 Å². The van der Waals surface area contributed by atoms with Crippen LogP contribution in [0.3, 0.4) is 0 Å². The number of hydrogen-bond donors (Lipinski definition) is 1. The Bertz CT molecular complexity index is 566. The highest BCUT2D eigenvalue weighted by Gasteiger charge is 2.18. The van der Waals surface area contributed by atoms with Crippen molar-refractivity contribution >= 4 is 40.7 Å². The molecule has 0 aliphatic carbocycles. The average molecular weight is 344 g/mol. The molecule has 5 nitrogen and oxygen atoms in total. The van der Waals surface area contributed by atoms with E-state index in [0.717, 1.165) is 6.54 Å². The topological polar surface area (TPSA) is 52.6 Å². The molecule has 0 spiro atoms. The van der Waals surface area contributed by atoms with E-state index in [1.165, 1.54) is 0 Å². The molecule has 0 saturated carbocycles. The molecule has 1 N–H and O–H groups in total. The third kappa shape index (κ3) is 4.87. The first-order valence-electron chi connectivity index (χ1n) is 7.17. The molecule has 2 amide bonds. The van der Waals surface area contributed by atoms with Crippen LogP contribution in [0, 0.1) is 0 Å². The number of nitrogens with zero attached hydrogens (tertiary/aromatic N) is 2. The van der Waals surface area contributed by atoms with Gasteiger partial charge in [0.15, 0.2) is 0 Å². The summed E-state index contributed by atoms with van der Waals surface area (Å²) in [5.74, 6) is 0.0331. The molecule has 1 aliphatic heterocycles. The highest BCUT2D eigenvalue weighted by atomic mass is 35.5. The molecule has 120 valence electrons. The van der Waals surface area contributed by atoms with Gasteiger partial charge in [0.25, 0.3) is 0 Å². The molecule has 7 heteroatoms. The van der Waals surface area contributed by atoms with Crippen LogP contribution in [0.1, 0.15) is 12.8 Å². The Morgan fingerprint density at radius 3 is 2.82 bits per heavy atom. The van der Waals surface area contributed by atoms with E-state index < -0.39 is 0 Å². The van der Waals surface area contributed by atoms with E-state index in [0.29, 0.717) is 48.2 Å². The Hall–Kier alpha value is -1.30. The van der Waals surface area contributed by atoms with E-state index >= 15 is 0 Å². The number of likely N-dealkylation sites (N-methyl/N-ethyl adjacent to an activating group) is 1. The maximum atomic E-state index is 12.0. The lowest BCUT2D eigenvalue weighted by molar-refractivity contribution is -0.129. The minimum Gasteiger partial charge on any atom is -0.344 e. The van der Waals surface area contributed by atoms with Gasteiger partial charge in [0.2, 0.25) is 11.8 Å². The summed E-state index contributed by atoms with van der Waals surface area (Å²) in [7, 11) is 1.81. The van der Waals surface area contributed by atoms with Crippen molar-refractivity contribution in [3.05, 3.63) is 28.2 Å². The molecule has 1 aromatic rings. The molecular weight excluding hydrogens is 325 g/mol. The third-order valence-corrected chi connectivity index (χ3v) is 4.24. The Morgan fingerprint density at radius 2 is 2.05 bits per heavy atom. The van der Waals surface area contributed by atoms with Gasteiger partial charge in [-0.1, -0.05) is 23.2 Å². The van der Waals surface area contributed by atoms with Gasteiger partial charge in [0.05, 0.1) is 10.7 Å². The SMILES string of the molecule is CN1CCN(CCC(=O)Nc2cc(Cl)ccc2Cl)CCC1=O. The summed E-state index contributed by atoms with van der Waals surface area (Å²) in [4.78, 5) is 27.5. The highest BCUT2D eigenvalue weighted by Crippen LogP contribution is 2.25. The molecular formula is C15H19Cl2N3O2. The van der Waals surface area contributed by atoms with Gasteiger partial charge in [-0.2, -0.15) is 0 Å². The zero-order valence-electron chi connectivity index (χ0n) is 12.4. The second-order valence-corrected chi connectivity index (χ2v) is 6.17. The van der Waals surface area contributed by atoms with Crippen molar-refractivity contribution in [2.75, 3.05) is 38.5 Å². The molecule has 0 unspecified atom stereocenters. The maximum absolute atomic E-state index is 12.0. The van der Waals surface area contributed by atoms with Crippen molar-refractivity contribution in [3.8, 4) is 0 Å². The first kappa shape index (κ1) is 17.1. The van der Waals surface area contributed by atoms with Gasteiger partial charge in [-0.15, -0.1) is 0 Å². The van der Waals surface area contributed by atoms with Gasteiger partial charge >= 0.3 is 0 Å². The number of hydrogen-bond acceptors (Lipinski definition) is 3. The van der Waals surface area contributed by atoms with Crippen molar-refractivity contribution in [1.82, 2.24) is 9.80 Å². The van der Waals surface area contributed by atoms with Crippen LogP contribution in [0.2, 0.25) is 10.0 Å². The number of benzene rings is 1. The molecule has 1 heterocycles. The molecule has 1 aromatic carbocycles. The van der Waals surface area contributed by atoms with Gasteiger partial charge in [-0.25, -0.2) is 0 Å². The molecule has 2 rings (SSSR count). The van der Waals surface area contributed by atoms with Crippen LogP contribution in [0.5, 0.6) is 0 Å². The lowest BCUT2D eigenvalue weighted by Gasteiger charge is -2.19. The molecule has 0 aromatic heterocycles. The fourth-order valence-electron chi connectivity index (χ4n) is 2.26. The van der Waals surface area contributed by atoms with Crippen LogP contribution >= 0.6 is 23.2 Å². The Balaban J connectivity index is 1.82. The van der Waals surface area contributed by atoms with Crippen LogP contribution in [0.25, 0.3) is 0 Å². The average Bonchev–Trinajstić information content (AvgIpc) is 2.64. The number of carbonyl (C=O) groups excluding carboxylic acids is 2. The molecule has 1 saturated heterocycles. The summed E-state index contributed by atoms with van der Waals surface area (Å²) in [5.41, 5.74) is 0.518. The number of halogens is 2. The third-order valence-electron chi connectivity index (χ3n) is 3.68. The Morgan fingerprint density at radius 1 is 1.27 bits per heavy atom. The van der Waals surface area contributed by atoms with Crippen molar-refractivity contribution in [2.24, 2.45) is 0 Å². The van der Waals surface area contributed by atoms with Crippen LogP contribution in [-0.4, -0.2) is 54.8 Å². The lowest BCUT2D eigenvalue weighted by atomic mass is 10.3. The second kappa shape index (κ2) is 7.81. The summed E-state index contributed by atoms with van der Waals surface area (Å²) in [6.07, 6.45) is 0.846. The zero-order chi connectivity index (χ0) is 16.1. The minimum absolute atomic E-state index is 0.118. The minimum atomic E-state index is -0.118. The van der Waals surface area contributed by atoms with E-state index in [9.17, 15) is 9.59 Å². The number of nitrogens with one attached hydrogen (secondary N) is 1. The molecule has 0 bridgehead atoms. The first-order valence-corrected chi connectivity index (χ1v) is 7.92. The Labute approximate surface area is 140 Å². The summed E-state index contributed by atoms with van der Waals surface area (Å²) < 4.78 is 0. The number of rotatable bonds is 4. The van der Waals surface area contributed by atoms with Crippen LogP contribution < -0.4 is 5.32 Å². The van der Waals surface area contributed by atoms with Gasteiger partial charge in [-0.3, -0.25) is 9.59 Å². The van der Waals surface area contributed by atoms with Gasteiger partial charge in [0, 0.05) is 51.1 Å². The summed E-state index contributed by atoms with van der Waals surface area (Å²) >= 11 is 11.9. The maximum Gasteiger partial charge on any atom is 0.225 e. The highest BCUT2D eigenvalue weighted by molar-refractivity contribution is 6.35. The number of amides is 2. The summed E-state index contributed by atoms with van der Waals surface area (Å²) in [5, 5.41) is 3.74. The first-order chi connectivity index (χ1) is 10.5. The van der Waals surface area contributed by atoms with E-state index in [-0.39, 0.29) is 11.8 Å². The fraction of sp³-hybridized carbons (Fsp3) is 0.467. The zero-order valence-corrected chi connectivity index (χ0v) is 14.0. The number of anilines is 1. The predicted octanol–water partition coefficient (Wildman–Crippen LogP) is 2.49. The number of carbonyl (C=O) groups is 2. The fourth-order valence-corrected chi connectivity index (χ4v) is 2.60. The van der Waals surface area contributed by atoms with Crippen molar-refractivity contribution in [1.29, 1.82) is 0 Å². The van der Waals surface area contributed by atoms with Gasteiger partial charge < -0.3 is 15.1 Å². The van der Waals surface area contributed by atoms with Crippen molar-refractivity contribution in [2.45, 2.75) is 12.8 Å². The second-order valence-electron chi connectivity index (χ2n) is 5.33. The monoisotopic (exact) mass is 343 g/mol. The molecule has 0 atom stereocenters. The quantitative estimate of drug-likeness (QED) is 0.913. The van der Waals surface area contributed by atoms with Crippen LogP contribution in [0.15, 0.2) is 18.2 Å². The largest absolute Gasteiger partial charge is 0.344 e. The van der Waals surface area contributed by atoms with E-state index in [1.807, 2.05) is 0 Å². The Kier molecular flexibility index (Phi) is 6.06. The van der Waals surface area contributed by atoms with Crippen molar-refractivity contribution in [3.63, 3.8) is 0 Å². The predicted molar refractivity (Wildman–Crippen MR) is 88.4 cm³/mol. The lowest BCUT2D eigenvalue weighted by Crippen LogP contribution is -2.32. The van der Waals surface area contributed by atoms with E-state index in [1.54, 1.807) is 30.1 Å². The smallest absolute Gasteiger partial charge is 0.225 e. The van der Waals surface area contributed by atoms with E-state index in [4.69, 9.17) is 23.2 Å². The summed E-state index contributed by atoms with van der Waals surface area (Å²) in [6, 6.07) is 4.95. The van der Waals surface area contributed by atoms with Gasteiger partial charge in [0.1, 0.15) is 0 Å². The molecule has 22 heavy (non-hydrogen) atoms. The standard InChI is InChI=1S/C15H19Cl2N3O2/c1-19-8-9-20(7-5-15(19)22)6-4-14(21)18-13-10-11(16)2-3-12(13)17/h2-3,10H,4-9H2,1H3,(H,18,21). The van der Waals surface area contributed by atoms with E-state index in [2.05, 4.69) is 10.2 Å². The normalized spacial score (nSPS) is 16.5. The van der Waals surface area contributed by atoms with Crippen molar-refractivity contribution < 1.29 is 9.59 Å². The molecule has 0 radical (unpaired) electrons.